The molecule has 0 aromatic heterocycles. The SMILES string of the molecule is Cl.NC1C2CCCC1CC(C(=O)NCCNc1ccccc1[N+](=O)[O-])C2. The molecule has 2 unspecified atom stereocenters. The Labute approximate surface area is 159 Å². The van der Waals surface area contributed by atoms with Gasteiger partial charge in [-0.1, -0.05) is 18.6 Å². The quantitative estimate of drug-likeness (QED) is 0.398. The molecular formula is C18H27ClN4O3. The molecule has 0 saturated heterocycles. The van der Waals surface area contributed by atoms with Gasteiger partial charge in [-0.2, -0.15) is 0 Å². The summed E-state index contributed by atoms with van der Waals surface area (Å²) in [6.45, 7) is 0.901. The van der Waals surface area contributed by atoms with Crippen LogP contribution in [0.1, 0.15) is 32.1 Å². The van der Waals surface area contributed by atoms with Gasteiger partial charge in [0.05, 0.1) is 4.92 Å². The molecule has 3 rings (SSSR count). The number of rotatable bonds is 6. The minimum absolute atomic E-state index is 0. The lowest BCUT2D eigenvalue weighted by atomic mass is 9.65. The standard InChI is InChI=1S/C18H26N4O3.ClH/c19-17-12-4-3-5-13(17)11-14(10-12)18(23)21-9-8-20-15-6-1-2-7-16(15)22(24)25;/h1-2,6-7,12-14,17,20H,3-5,8-11,19H2,(H,21,23);1H. The highest BCUT2D eigenvalue weighted by Gasteiger charge is 2.40. The van der Waals surface area contributed by atoms with Crippen LogP contribution in [0.2, 0.25) is 0 Å². The first-order chi connectivity index (χ1) is 12.1. The van der Waals surface area contributed by atoms with E-state index in [1.165, 1.54) is 12.5 Å². The first-order valence-electron chi connectivity index (χ1n) is 9.07. The number of hydrogen-bond acceptors (Lipinski definition) is 5. The lowest BCUT2D eigenvalue weighted by molar-refractivity contribution is -0.384. The molecule has 1 amide bonds. The van der Waals surface area contributed by atoms with Crippen LogP contribution in [0.15, 0.2) is 24.3 Å². The van der Waals surface area contributed by atoms with Crippen LogP contribution in [0.4, 0.5) is 11.4 Å². The molecule has 2 saturated carbocycles. The van der Waals surface area contributed by atoms with Crippen LogP contribution in [0.25, 0.3) is 0 Å². The molecule has 2 atom stereocenters. The van der Waals surface area contributed by atoms with Crippen molar-refractivity contribution in [3.63, 3.8) is 0 Å². The number of para-hydroxylation sites is 2. The highest BCUT2D eigenvalue weighted by Crippen LogP contribution is 2.41. The molecule has 7 nitrogen and oxygen atoms in total. The third kappa shape index (κ3) is 4.65. The molecule has 144 valence electrons. The van der Waals surface area contributed by atoms with E-state index in [0.29, 0.717) is 30.6 Å². The number of amides is 1. The Bertz CT molecular complexity index is 629. The predicted molar refractivity (Wildman–Crippen MR) is 103 cm³/mol. The van der Waals surface area contributed by atoms with E-state index in [4.69, 9.17) is 5.73 Å². The summed E-state index contributed by atoms with van der Waals surface area (Å²) in [5.74, 6) is 1.11. The smallest absolute Gasteiger partial charge is 0.292 e. The Morgan fingerprint density at radius 2 is 1.85 bits per heavy atom. The van der Waals surface area contributed by atoms with Gasteiger partial charge in [-0.05, 0) is 43.6 Å². The van der Waals surface area contributed by atoms with Crippen LogP contribution in [0, 0.1) is 27.9 Å². The summed E-state index contributed by atoms with van der Waals surface area (Å²) in [5.41, 5.74) is 6.79. The van der Waals surface area contributed by atoms with Gasteiger partial charge >= 0.3 is 0 Å². The van der Waals surface area contributed by atoms with Gasteiger partial charge in [0.1, 0.15) is 5.69 Å². The Morgan fingerprint density at radius 3 is 2.50 bits per heavy atom. The van der Waals surface area contributed by atoms with E-state index in [-0.39, 0.29) is 36.0 Å². The van der Waals surface area contributed by atoms with E-state index in [9.17, 15) is 14.9 Å². The maximum absolute atomic E-state index is 12.4. The molecule has 1 aromatic rings. The molecule has 2 fully saturated rings. The van der Waals surface area contributed by atoms with Crippen LogP contribution in [0.5, 0.6) is 0 Å². The van der Waals surface area contributed by atoms with E-state index in [0.717, 1.165) is 25.7 Å². The number of halogens is 1. The van der Waals surface area contributed by atoms with Crippen LogP contribution >= 0.6 is 12.4 Å². The lowest BCUT2D eigenvalue weighted by Gasteiger charge is -2.43. The van der Waals surface area contributed by atoms with Gasteiger partial charge in [-0.15, -0.1) is 12.4 Å². The van der Waals surface area contributed by atoms with Crippen molar-refractivity contribution < 1.29 is 9.72 Å². The molecule has 2 aliphatic rings. The Hall–Kier alpha value is -1.86. The number of nitro benzene ring substituents is 1. The van der Waals surface area contributed by atoms with Crippen molar-refractivity contribution >= 4 is 29.7 Å². The zero-order chi connectivity index (χ0) is 17.8. The minimum atomic E-state index is -0.412. The van der Waals surface area contributed by atoms with Gasteiger partial charge in [0.25, 0.3) is 5.69 Å². The highest BCUT2D eigenvalue weighted by atomic mass is 35.5. The van der Waals surface area contributed by atoms with E-state index in [2.05, 4.69) is 10.6 Å². The Morgan fingerprint density at radius 1 is 1.19 bits per heavy atom. The van der Waals surface area contributed by atoms with Crippen molar-refractivity contribution in [1.29, 1.82) is 0 Å². The number of benzene rings is 1. The second-order valence-corrected chi connectivity index (χ2v) is 7.19. The number of nitrogens with zero attached hydrogens (tertiary/aromatic N) is 1. The van der Waals surface area contributed by atoms with Gasteiger partial charge in [0.2, 0.25) is 5.91 Å². The number of carbonyl (C=O) groups excluding carboxylic acids is 1. The van der Waals surface area contributed by atoms with Gasteiger partial charge < -0.3 is 16.4 Å². The second kappa shape index (κ2) is 9.19. The van der Waals surface area contributed by atoms with Crippen LogP contribution in [0.3, 0.4) is 0 Å². The van der Waals surface area contributed by atoms with Crippen LogP contribution < -0.4 is 16.4 Å². The molecule has 1 aromatic carbocycles. The highest BCUT2D eigenvalue weighted by molar-refractivity contribution is 5.85. The van der Waals surface area contributed by atoms with Crippen molar-refractivity contribution in [3.8, 4) is 0 Å². The van der Waals surface area contributed by atoms with E-state index < -0.39 is 4.92 Å². The van der Waals surface area contributed by atoms with Gasteiger partial charge in [-0.3, -0.25) is 14.9 Å². The largest absolute Gasteiger partial charge is 0.378 e. The monoisotopic (exact) mass is 382 g/mol. The molecule has 0 heterocycles. The molecule has 26 heavy (non-hydrogen) atoms. The number of nitrogens with one attached hydrogen (secondary N) is 2. The maximum atomic E-state index is 12.4. The third-order valence-electron chi connectivity index (χ3n) is 5.62. The molecule has 8 heteroatoms. The first kappa shape index (κ1) is 20.5. The van der Waals surface area contributed by atoms with E-state index in [1.54, 1.807) is 18.2 Å². The summed E-state index contributed by atoms with van der Waals surface area (Å²) in [6, 6.07) is 6.78. The lowest BCUT2D eigenvalue weighted by Crippen LogP contribution is -2.49. The number of nitro groups is 1. The van der Waals surface area contributed by atoms with Gasteiger partial charge in [0, 0.05) is 31.1 Å². The summed E-state index contributed by atoms with van der Waals surface area (Å²) < 4.78 is 0. The molecular weight excluding hydrogens is 356 g/mol. The summed E-state index contributed by atoms with van der Waals surface area (Å²) in [7, 11) is 0. The van der Waals surface area contributed by atoms with Crippen LogP contribution in [-0.2, 0) is 4.79 Å². The van der Waals surface area contributed by atoms with E-state index in [1.807, 2.05) is 0 Å². The number of anilines is 1. The van der Waals surface area contributed by atoms with E-state index >= 15 is 0 Å². The molecule has 2 aliphatic carbocycles. The average Bonchev–Trinajstić information content (AvgIpc) is 2.58. The molecule has 2 bridgehead atoms. The maximum Gasteiger partial charge on any atom is 0.292 e. The Kier molecular flexibility index (Phi) is 7.23. The Balaban J connectivity index is 0.00000243. The second-order valence-electron chi connectivity index (χ2n) is 7.19. The third-order valence-corrected chi connectivity index (χ3v) is 5.62. The summed E-state index contributed by atoms with van der Waals surface area (Å²) in [5, 5.41) is 17.0. The van der Waals surface area contributed by atoms with Crippen molar-refractivity contribution in [2.45, 2.75) is 38.1 Å². The molecule has 0 aliphatic heterocycles. The van der Waals surface area contributed by atoms with Crippen molar-refractivity contribution in [3.05, 3.63) is 34.4 Å². The number of hydrogen-bond donors (Lipinski definition) is 3. The fourth-order valence-electron chi connectivity index (χ4n) is 4.31. The van der Waals surface area contributed by atoms with Gasteiger partial charge in [-0.25, -0.2) is 0 Å². The molecule has 0 spiro atoms. The van der Waals surface area contributed by atoms with Crippen molar-refractivity contribution in [1.82, 2.24) is 5.32 Å². The summed E-state index contributed by atoms with van der Waals surface area (Å²) in [4.78, 5) is 23.0. The minimum Gasteiger partial charge on any atom is -0.378 e. The number of fused-ring (bicyclic) bond motifs is 2. The van der Waals surface area contributed by atoms with Crippen LogP contribution in [-0.4, -0.2) is 30.0 Å². The van der Waals surface area contributed by atoms with Gasteiger partial charge in [0.15, 0.2) is 0 Å². The summed E-state index contributed by atoms with van der Waals surface area (Å²) in [6.07, 6.45) is 5.29. The number of nitrogens with two attached hydrogens (primary N) is 1. The fourth-order valence-corrected chi connectivity index (χ4v) is 4.31. The summed E-state index contributed by atoms with van der Waals surface area (Å²) >= 11 is 0. The van der Waals surface area contributed by atoms with Crippen molar-refractivity contribution in [2.24, 2.45) is 23.5 Å². The first-order valence-corrected chi connectivity index (χ1v) is 9.07. The topological polar surface area (TPSA) is 110 Å². The fraction of sp³-hybridized carbons (Fsp3) is 0.611. The predicted octanol–water partition coefficient (Wildman–Crippen LogP) is 2.70. The molecule has 4 N–H and O–H groups in total. The zero-order valence-corrected chi connectivity index (χ0v) is 15.5. The normalized spacial score (nSPS) is 27.1. The van der Waals surface area contributed by atoms with Crippen molar-refractivity contribution in [2.75, 3.05) is 18.4 Å². The zero-order valence-electron chi connectivity index (χ0n) is 14.7. The number of carbonyl (C=O) groups is 1. The average molecular weight is 383 g/mol. The molecule has 0 radical (unpaired) electrons.